The van der Waals surface area contributed by atoms with Crippen molar-refractivity contribution >= 4 is 10.1 Å². The van der Waals surface area contributed by atoms with Gasteiger partial charge in [0.2, 0.25) is 0 Å². The Labute approximate surface area is 121 Å². The highest BCUT2D eigenvalue weighted by atomic mass is 32.2. The zero-order valence-electron chi connectivity index (χ0n) is 11.8. The minimum atomic E-state index is -4.53. The van der Waals surface area contributed by atoms with Gasteiger partial charge in [-0.15, -0.1) is 0 Å². The predicted molar refractivity (Wildman–Crippen MR) is 70.1 cm³/mol. The van der Waals surface area contributed by atoms with Gasteiger partial charge in [-0.1, -0.05) is 0 Å². The fourth-order valence-electron chi connectivity index (χ4n) is 1.82. The van der Waals surface area contributed by atoms with E-state index >= 15 is 0 Å². The van der Waals surface area contributed by atoms with Crippen molar-refractivity contribution in [1.82, 2.24) is 0 Å². The molecule has 0 saturated carbocycles. The van der Waals surface area contributed by atoms with Gasteiger partial charge in [0, 0.05) is 6.42 Å². The van der Waals surface area contributed by atoms with Crippen molar-refractivity contribution in [2.24, 2.45) is 0 Å². The molecule has 0 spiro atoms. The van der Waals surface area contributed by atoms with Crippen LogP contribution in [0.4, 0.5) is 13.2 Å². The summed E-state index contributed by atoms with van der Waals surface area (Å²) in [5.74, 6) is 0. The lowest BCUT2D eigenvalue weighted by Gasteiger charge is -2.21. The van der Waals surface area contributed by atoms with E-state index in [0.717, 1.165) is 12.1 Å². The van der Waals surface area contributed by atoms with Gasteiger partial charge < -0.3 is 5.11 Å². The number of hydrogen-bond donors (Lipinski definition) is 1. The number of alkyl halides is 3. The molecule has 8 heteroatoms. The molecule has 0 heterocycles. The van der Waals surface area contributed by atoms with Gasteiger partial charge >= 0.3 is 6.18 Å². The first-order valence-electron chi connectivity index (χ1n) is 6.14. The molecule has 1 aromatic rings. The number of benzene rings is 1. The minimum Gasteiger partial charge on any atom is -0.390 e. The molecule has 0 saturated heterocycles. The zero-order chi connectivity index (χ0) is 16.5. The Morgan fingerprint density at radius 1 is 1.19 bits per heavy atom. The average molecular weight is 326 g/mol. The second-order valence-electron chi connectivity index (χ2n) is 5.40. The van der Waals surface area contributed by atoms with E-state index in [0.29, 0.717) is 12.1 Å². The highest BCUT2D eigenvalue weighted by Crippen LogP contribution is 2.30. The molecule has 1 unspecified atom stereocenters. The number of rotatable bonds is 5. The lowest BCUT2D eigenvalue weighted by Crippen LogP contribution is -2.27. The van der Waals surface area contributed by atoms with Gasteiger partial charge in [0.05, 0.1) is 22.2 Å². The maximum Gasteiger partial charge on any atom is 0.416 e. The summed E-state index contributed by atoms with van der Waals surface area (Å²) in [7, 11) is -4.17. The summed E-state index contributed by atoms with van der Waals surface area (Å²) in [6, 6.07) is 3.04. The quantitative estimate of drug-likeness (QED) is 0.845. The van der Waals surface area contributed by atoms with Crippen LogP contribution >= 0.6 is 0 Å². The number of hydrogen-bond acceptors (Lipinski definition) is 4. The second-order valence-corrected chi connectivity index (χ2v) is 6.97. The maximum atomic E-state index is 12.4. The largest absolute Gasteiger partial charge is 0.416 e. The van der Waals surface area contributed by atoms with E-state index in [9.17, 15) is 26.7 Å². The molecule has 0 bridgehead atoms. The summed E-state index contributed by atoms with van der Waals surface area (Å²) in [5.41, 5.74) is -2.05. The molecule has 1 rings (SSSR count). The van der Waals surface area contributed by atoms with Crippen LogP contribution in [0, 0.1) is 0 Å². The highest BCUT2D eigenvalue weighted by Gasteiger charge is 2.31. The van der Waals surface area contributed by atoms with Crippen molar-refractivity contribution in [2.75, 3.05) is 0 Å². The standard InChI is InChI=1S/C13H17F3O4S/c1-9(8-12(2,3)17)20-21(18,19)11-6-4-10(5-7-11)13(14,15)16/h4-7,9,17H,8H2,1-3H3. The number of aliphatic hydroxyl groups is 1. The SMILES string of the molecule is CC(CC(C)(C)O)OS(=O)(=O)c1ccc(C(F)(F)F)cc1. The Morgan fingerprint density at radius 2 is 1.67 bits per heavy atom. The third-order valence-corrected chi connectivity index (χ3v) is 3.98. The molecular formula is C13H17F3O4S. The molecular weight excluding hydrogens is 309 g/mol. The van der Waals surface area contributed by atoms with E-state index in [1.54, 1.807) is 0 Å². The van der Waals surface area contributed by atoms with Gasteiger partial charge in [0.25, 0.3) is 10.1 Å². The Bertz CT molecular complexity index is 571. The summed E-state index contributed by atoms with van der Waals surface area (Å²) in [4.78, 5) is -0.363. The zero-order valence-corrected chi connectivity index (χ0v) is 12.6. The number of halogens is 3. The van der Waals surface area contributed by atoms with Crippen LogP contribution in [0.2, 0.25) is 0 Å². The fourth-order valence-corrected chi connectivity index (χ4v) is 2.90. The molecule has 0 aliphatic heterocycles. The molecule has 0 fully saturated rings. The molecule has 120 valence electrons. The second kappa shape index (κ2) is 5.94. The van der Waals surface area contributed by atoms with E-state index in [-0.39, 0.29) is 11.3 Å². The lowest BCUT2D eigenvalue weighted by molar-refractivity contribution is -0.137. The maximum absolute atomic E-state index is 12.4. The minimum absolute atomic E-state index is 0.0624. The molecule has 1 atom stereocenters. The summed E-state index contributed by atoms with van der Waals surface area (Å²) in [6.45, 7) is 4.45. The Balaban J connectivity index is 2.89. The molecule has 0 aliphatic rings. The van der Waals surface area contributed by atoms with Crippen LogP contribution in [0.3, 0.4) is 0 Å². The van der Waals surface area contributed by atoms with E-state index in [1.807, 2.05) is 0 Å². The molecule has 0 amide bonds. The Hall–Kier alpha value is -1.12. The summed E-state index contributed by atoms with van der Waals surface area (Å²) in [5, 5.41) is 9.58. The van der Waals surface area contributed by atoms with E-state index < -0.39 is 33.6 Å². The molecule has 0 radical (unpaired) electrons. The van der Waals surface area contributed by atoms with Crippen molar-refractivity contribution < 1.29 is 30.9 Å². The molecule has 1 aromatic carbocycles. The van der Waals surface area contributed by atoms with Crippen molar-refractivity contribution in [3.05, 3.63) is 29.8 Å². The van der Waals surface area contributed by atoms with Crippen LogP contribution in [0.1, 0.15) is 32.8 Å². The van der Waals surface area contributed by atoms with Gasteiger partial charge in [-0.3, -0.25) is 4.18 Å². The highest BCUT2D eigenvalue weighted by molar-refractivity contribution is 7.86. The van der Waals surface area contributed by atoms with Crippen LogP contribution in [0.25, 0.3) is 0 Å². The van der Waals surface area contributed by atoms with Gasteiger partial charge in [-0.25, -0.2) is 0 Å². The molecule has 0 aromatic heterocycles. The van der Waals surface area contributed by atoms with Crippen molar-refractivity contribution in [1.29, 1.82) is 0 Å². The van der Waals surface area contributed by atoms with Crippen LogP contribution < -0.4 is 0 Å². The van der Waals surface area contributed by atoms with Gasteiger partial charge in [-0.05, 0) is 45.0 Å². The topological polar surface area (TPSA) is 63.6 Å². The van der Waals surface area contributed by atoms with Crippen LogP contribution in [-0.4, -0.2) is 25.2 Å². The molecule has 1 N–H and O–H groups in total. The molecule has 0 aliphatic carbocycles. The molecule has 21 heavy (non-hydrogen) atoms. The first kappa shape index (κ1) is 17.9. The summed E-state index contributed by atoms with van der Waals surface area (Å²) < 4.78 is 65.9. The normalized spacial score (nSPS) is 15.0. The van der Waals surface area contributed by atoms with Gasteiger partial charge in [0.15, 0.2) is 0 Å². The van der Waals surface area contributed by atoms with Crippen molar-refractivity contribution in [3.63, 3.8) is 0 Å². The van der Waals surface area contributed by atoms with E-state index in [4.69, 9.17) is 4.18 Å². The average Bonchev–Trinajstić information content (AvgIpc) is 2.24. The predicted octanol–water partition coefficient (Wildman–Crippen LogP) is 2.96. The lowest BCUT2D eigenvalue weighted by atomic mass is 10.0. The fraction of sp³-hybridized carbons (Fsp3) is 0.538. The molecule has 4 nitrogen and oxygen atoms in total. The summed E-state index contributed by atoms with van der Waals surface area (Å²) in [6.07, 6.45) is -5.28. The third-order valence-electron chi connectivity index (χ3n) is 2.55. The van der Waals surface area contributed by atoms with Crippen molar-refractivity contribution in [3.8, 4) is 0 Å². The van der Waals surface area contributed by atoms with Crippen molar-refractivity contribution in [2.45, 2.75) is 50.0 Å². The smallest absolute Gasteiger partial charge is 0.390 e. The Morgan fingerprint density at radius 3 is 2.05 bits per heavy atom. The monoisotopic (exact) mass is 326 g/mol. The van der Waals surface area contributed by atoms with E-state index in [2.05, 4.69) is 0 Å². The van der Waals surface area contributed by atoms with Crippen LogP contribution in [0.15, 0.2) is 29.2 Å². The first-order valence-corrected chi connectivity index (χ1v) is 7.55. The Kier molecular flexibility index (Phi) is 5.07. The first-order chi connectivity index (χ1) is 9.31. The van der Waals surface area contributed by atoms with Crippen LogP contribution in [0.5, 0.6) is 0 Å². The van der Waals surface area contributed by atoms with Gasteiger partial charge in [-0.2, -0.15) is 21.6 Å². The van der Waals surface area contributed by atoms with Crippen LogP contribution in [-0.2, 0) is 20.5 Å². The van der Waals surface area contributed by atoms with E-state index in [1.165, 1.54) is 20.8 Å². The summed E-state index contributed by atoms with van der Waals surface area (Å²) >= 11 is 0. The van der Waals surface area contributed by atoms with Gasteiger partial charge in [0.1, 0.15) is 0 Å². The third kappa shape index (κ3) is 5.64.